The molecular formula is C18H14Cl2N4O2S. The first-order valence-corrected chi connectivity index (χ1v) is 9.53. The summed E-state index contributed by atoms with van der Waals surface area (Å²) in [5, 5.41) is 13.8. The van der Waals surface area contributed by atoms with Crippen LogP contribution < -0.4 is 10.6 Å². The van der Waals surface area contributed by atoms with Gasteiger partial charge in [-0.05, 0) is 23.8 Å². The summed E-state index contributed by atoms with van der Waals surface area (Å²) in [6, 6.07) is 14.2. The second-order valence-corrected chi connectivity index (χ2v) is 7.63. The molecule has 1 aliphatic heterocycles. The van der Waals surface area contributed by atoms with Crippen molar-refractivity contribution in [2.45, 2.75) is 11.7 Å². The first-order valence-electron chi connectivity index (χ1n) is 7.89. The SMILES string of the molecule is O=C(C[C@@H]1S/C(=N/N=C\c2ccccc2)NC1=O)Nc1cc(Cl)cc(Cl)c1. The molecule has 0 aromatic heterocycles. The quantitative estimate of drug-likeness (QED) is 0.567. The zero-order valence-electron chi connectivity index (χ0n) is 13.9. The van der Waals surface area contributed by atoms with Crippen LogP contribution in [0.25, 0.3) is 0 Å². The Hall–Kier alpha value is -2.35. The molecule has 1 heterocycles. The summed E-state index contributed by atoms with van der Waals surface area (Å²) in [5.74, 6) is -0.608. The molecule has 0 radical (unpaired) electrons. The van der Waals surface area contributed by atoms with Crippen molar-refractivity contribution < 1.29 is 9.59 Å². The molecule has 0 aliphatic carbocycles. The number of nitrogens with zero attached hydrogens (tertiary/aromatic N) is 2. The minimum absolute atomic E-state index is 0.0119. The second kappa shape index (κ2) is 9.03. The number of rotatable bonds is 5. The molecule has 0 unspecified atom stereocenters. The lowest BCUT2D eigenvalue weighted by Gasteiger charge is -2.08. The van der Waals surface area contributed by atoms with Gasteiger partial charge in [-0.1, -0.05) is 65.3 Å². The van der Waals surface area contributed by atoms with Crippen molar-refractivity contribution in [3.05, 3.63) is 64.1 Å². The molecule has 1 saturated heterocycles. The fourth-order valence-electron chi connectivity index (χ4n) is 2.28. The minimum Gasteiger partial charge on any atom is -0.326 e. The Morgan fingerprint density at radius 3 is 2.59 bits per heavy atom. The maximum Gasteiger partial charge on any atom is 0.240 e. The van der Waals surface area contributed by atoms with Gasteiger partial charge in [-0.25, -0.2) is 0 Å². The molecule has 2 amide bonds. The van der Waals surface area contributed by atoms with E-state index in [4.69, 9.17) is 23.2 Å². The lowest BCUT2D eigenvalue weighted by atomic mass is 10.2. The maximum atomic E-state index is 12.2. The molecule has 138 valence electrons. The van der Waals surface area contributed by atoms with E-state index >= 15 is 0 Å². The molecule has 1 atom stereocenters. The van der Waals surface area contributed by atoms with E-state index in [0.29, 0.717) is 20.9 Å². The lowest BCUT2D eigenvalue weighted by Crippen LogP contribution is -2.28. The Morgan fingerprint density at radius 1 is 1.19 bits per heavy atom. The summed E-state index contributed by atoms with van der Waals surface area (Å²) in [7, 11) is 0. The van der Waals surface area contributed by atoms with E-state index in [2.05, 4.69) is 20.8 Å². The lowest BCUT2D eigenvalue weighted by molar-refractivity contribution is -0.122. The molecule has 6 nitrogen and oxygen atoms in total. The fourth-order valence-corrected chi connectivity index (χ4v) is 3.73. The van der Waals surface area contributed by atoms with Crippen molar-refractivity contribution in [1.82, 2.24) is 5.32 Å². The topological polar surface area (TPSA) is 82.9 Å². The molecule has 2 aromatic rings. The summed E-state index contributed by atoms with van der Waals surface area (Å²) in [6.07, 6.45) is 1.57. The Balaban J connectivity index is 1.56. The van der Waals surface area contributed by atoms with Crippen molar-refractivity contribution in [1.29, 1.82) is 0 Å². The van der Waals surface area contributed by atoms with Crippen molar-refractivity contribution in [2.75, 3.05) is 5.32 Å². The number of hydrogen-bond acceptors (Lipinski definition) is 5. The van der Waals surface area contributed by atoms with Crippen LogP contribution in [0, 0.1) is 0 Å². The van der Waals surface area contributed by atoms with Gasteiger partial charge in [0.2, 0.25) is 11.8 Å². The van der Waals surface area contributed by atoms with Gasteiger partial charge in [-0.15, -0.1) is 5.10 Å². The fraction of sp³-hybridized carbons (Fsp3) is 0.111. The number of amides is 2. The van der Waals surface area contributed by atoms with Crippen LogP contribution in [-0.2, 0) is 9.59 Å². The molecule has 9 heteroatoms. The molecule has 0 saturated carbocycles. The van der Waals surface area contributed by atoms with Gasteiger partial charge in [-0.3, -0.25) is 9.59 Å². The first-order chi connectivity index (χ1) is 13.0. The van der Waals surface area contributed by atoms with Crippen molar-refractivity contribution in [3.63, 3.8) is 0 Å². The number of carbonyl (C=O) groups excluding carboxylic acids is 2. The largest absolute Gasteiger partial charge is 0.326 e. The van der Waals surface area contributed by atoms with Gasteiger partial charge in [0.05, 0.1) is 6.21 Å². The Bertz CT molecular complexity index is 899. The highest BCUT2D eigenvalue weighted by Crippen LogP contribution is 2.25. The molecular weight excluding hydrogens is 407 g/mol. The van der Waals surface area contributed by atoms with E-state index in [9.17, 15) is 9.59 Å². The average molecular weight is 421 g/mol. The summed E-state index contributed by atoms with van der Waals surface area (Å²) in [4.78, 5) is 24.2. The average Bonchev–Trinajstić information content (AvgIpc) is 2.94. The Labute approximate surface area is 170 Å². The van der Waals surface area contributed by atoms with Gasteiger partial charge >= 0.3 is 0 Å². The number of halogens is 2. The van der Waals surface area contributed by atoms with Gasteiger partial charge in [-0.2, -0.15) is 5.10 Å². The molecule has 2 aromatic carbocycles. The number of nitrogens with one attached hydrogen (secondary N) is 2. The number of hydrogen-bond donors (Lipinski definition) is 2. The highest BCUT2D eigenvalue weighted by Gasteiger charge is 2.32. The molecule has 0 bridgehead atoms. The van der Waals surface area contributed by atoms with Crippen LogP contribution in [0.15, 0.2) is 58.7 Å². The summed E-state index contributed by atoms with van der Waals surface area (Å²) in [6.45, 7) is 0. The van der Waals surface area contributed by atoms with Gasteiger partial charge in [0.25, 0.3) is 0 Å². The third kappa shape index (κ3) is 5.82. The van der Waals surface area contributed by atoms with Crippen LogP contribution >= 0.6 is 35.0 Å². The van der Waals surface area contributed by atoms with Gasteiger partial charge in [0.15, 0.2) is 5.17 Å². The summed E-state index contributed by atoms with van der Waals surface area (Å²) < 4.78 is 0. The molecule has 1 fully saturated rings. The number of carbonyl (C=O) groups is 2. The zero-order chi connectivity index (χ0) is 19.2. The van der Waals surface area contributed by atoms with E-state index < -0.39 is 5.25 Å². The van der Waals surface area contributed by atoms with Crippen LogP contribution in [-0.4, -0.2) is 28.4 Å². The van der Waals surface area contributed by atoms with Crippen LogP contribution in [0.2, 0.25) is 10.0 Å². The number of thioether (sulfide) groups is 1. The normalized spacial score (nSPS) is 18.1. The Morgan fingerprint density at radius 2 is 1.89 bits per heavy atom. The van der Waals surface area contributed by atoms with Gasteiger partial charge in [0.1, 0.15) is 5.25 Å². The molecule has 0 spiro atoms. The smallest absolute Gasteiger partial charge is 0.240 e. The van der Waals surface area contributed by atoms with Crippen molar-refractivity contribution in [2.24, 2.45) is 10.2 Å². The predicted molar refractivity (Wildman–Crippen MR) is 111 cm³/mol. The standard InChI is InChI=1S/C18H14Cl2N4O2S/c19-12-6-13(20)8-14(7-12)22-16(25)9-15-17(26)23-18(27-15)24-21-10-11-4-2-1-3-5-11/h1-8,10,15H,9H2,(H,22,25)(H,23,24,26)/b21-10-/t15-/m0/s1. The van der Waals surface area contributed by atoms with E-state index in [1.165, 1.54) is 0 Å². The highest BCUT2D eigenvalue weighted by molar-refractivity contribution is 8.15. The van der Waals surface area contributed by atoms with Crippen LogP contribution in [0.4, 0.5) is 5.69 Å². The first kappa shape index (κ1) is 19.4. The van der Waals surface area contributed by atoms with Crippen LogP contribution in [0.1, 0.15) is 12.0 Å². The van der Waals surface area contributed by atoms with Gasteiger partial charge < -0.3 is 10.6 Å². The third-order valence-electron chi connectivity index (χ3n) is 3.45. The van der Waals surface area contributed by atoms with E-state index in [-0.39, 0.29) is 18.2 Å². The van der Waals surface area contributed by atoms with E-state index in [0.717, 1.165) is 17.3 Å². The monoisotopic (exact) mass is 420 g/mol. The Kier molecular flexibility index (Phi) is 6.49. The number of amidine groups is 1. The summed E-state index contributed by atoms with van der Waals surface area (Å²) >= 11 is 13.0. The third-order valence-corrected chi connectivity index (χ3v) is 4.96. The highest BCUT2D eigenvalue weighted by atomic mass is 35.5. The minimum atomic E-state index is -0.578. The molecule has 27 heavy (non-hydrogen) atoms. The second-order valence-electron chi connectivity index (χ2n) is 5.57. The summed E-state index contributed by atoms with van der Waals surface area (Å²) in [5.41, 5.74) is 1.37. The maximum absolute atomic E-state index is 12.2. The van der Waals surface area contributed by atoms with Crippen LogP contribution in [0.3, 0.4) is 0 Å². The number of benzene rings is 2. The van der Waals surface area contributed by atoms with Gasteiger partial charge in [0, 0.05) is 22.2 Å². The molecule has 2 N–H and O–H groups in total. The van der Waals surface area contributed by atoms with Crippen molar-refractivity contribution >= 4 is 63.8 Å². The van der Waals surface area contributed by atoms with Crippen molar-refractivity contribution in [3.8, 4) is 0 Å². The molecule has 3 rings (SSSR count). The van der Waals surface area contributed by atoms with E-state index in [1.807, 2.05) is 30.3 Å². The zero-order valence-corrected chi connectivity index (χ0v) is 16.2. The van der Waals surface area contributed by atoms with Crippen LogP contribution in [0.5, 0.6) is 0 Å². The predicted octanol–water partition coefficient (Wildman–Crippen LogP) is 3.94. The van der Waals surface area contributed by atoms with E-state index in [1.54, 1.807) is 24.4 Å². The number of anilines is 1. The molecule has 1 aliphatic rings.